The van der Waals surface area contributed by atoms with Crippen molar-refractivity contribution in [3.05, 3.63) is 52.8 Å². The van der Waals surface area contributed by atoms with E-state index >= 15 is 0 Å². The molecule has 0 saturated carbocycles. The third-order valence-corrected chi connectivity index (χ3v) is 4.57. The van der Waals surface area contributed by atoms with Crippen LogP contribution in [0.1, 0.15) is 24.4 Å². The highest BCUT2D eigenvalue weighted by Gasteiger charge is 2.18. The molecule has 25 heavy (non-hydrogen) atoms. The van der Waals surface area contributed by atoms with Crippen LogP contribution in [-0.4, -0.2) is 29.7 Å². The van der Waals surface area contributed by atoms with Gasteiger partial charge in [0.1, 0.15) is 11.8 Å². The second-order valence-electron chi connectivity index (χ2n) is 5.53. The average Bonchev–Trinajstić information content (AvgIpc) is 3.23. The molecule has 0 aliphatic heterocycles. The van der Waals surface area contributed by atoms with E-state index in [9.17, 15) is 0 Å². The fourth-order valence-electron chi connectivity index (χ4n) is 2.46. The topological polar surface area (TPSA) is 94.6 Å². The summed E-state index contributed by atoms with van der Waals surface area (Å²) in [7, 11) is 0. The summed E-state index contributed by atoms with van der Waals surface area (Å²) in [6.45, 7) is 3.95. The summed E-state index contributed by atoms with van der Waals surface area (Å²) in [4.78, 5) is 17.2. The van der Waals surface area contributed by atoms with Gasteiger partial charge in [-0.3, -0.25) is 0 Å². The van der Waals surface area contributed by atoms with Crippen LogP contribution in [0.15, 0.2) is 45.8 Å². The molecule has 0 aliphatic rings. The molecule has 4 rings (SSSR count). The number of hydrogen-bond donors (Lipinski definition) is 1. The Morgan fingerprint density at radius 3 is 2.80 bits per heavy atom. The molecule has 8 nitrogen and oxygen atoms in total. The van der Waals surface area contributed by atoms with E-state index in [0.29, 0.717) is 17.8 Å². The first-order valence-corrected chi connectivity index (χ1v) is 8.41. The lowest BCUT2D eigenvalue weighted by Gasteiger charge is -2.11. The molecular formula is C16H14BrN7O. The van der Waals surface area contributed by atoms with Gasteiger partial charge in [-0.05, 0) is 37.6 Å². The first kappa shape index (κ1) is 15.7. The lowest BCUT2D eigenvalue weighted by Crippen LogP contribution is -2.15. The van der Waals surface area contributed by atoms with Gasteiger partial charge in [0.15, 0.2) is 11.4 Å². The van der Waals surface area contributed by atoms with Crippen LogP contribution in [0.25, 0.3) is 17.0 Å². The van der Waals surface area contributed by atoms with Gasteiger partial charge in [0.25, 0.3) is 12.0 Å². The van der Waals surface area contributed by atoms with Gasteiger partial charge in [0.05, 0.1) is 6.04 Å². The molecule has 3 aromatic heterocycles. The highest BCUT2D eigenvalue weighted by Crippen LogP contribution is 2.27. The lowest BCUT2D eigenvalue weighted by molar-refractivity contribution is 0.593. The fraction of sp³-hybridized carbons (Fsp3) is 0.188. The second kappa shape index (κ2) is 6.25. The summed E-state index contributed by atoms with van der Waals surface area (Å²) in [6, 6.07) is 5.85. The maximum Gasteiger partial charge on any atom is 0.296 e. The first-order chi connectivity index (χ1) is 12.1. The second-order valence-corrected chi connectivity index (χ2v) is 6.39. The van der Waals surface area contributed by atoms with Crippen LogP contribution < -0.4 is 5.32 Å². The zero-order chi connectivity index (χ0) is 17.4. The summed E-state index contributed by atoms with van der Waals surface area (Å²) >= 11 is 3.51. The van der Waals surface area contributed by atoms with Crippen molar-refractivity contribution in [2.24, 2.45) is 0 Å². The van der Waals surface area contributed by atoms with E-state index in [-0.39, 0.29) is 6.04 Å². The fourth-order valence-corrected chi connectivity index (χ4v) is 2.79. The molecule has 0 bridgehead atoms. The van der Waals surface area contributed by atoms with Crippen LogP contribution in [0.5, 0.6) is 0 Å². The monoisotopic (exact) mass is 399 g/mol. The SMILES string of the molecule is Cc1cc2oc(N[C@@H](C)c3ncnn3-c3ncccn3)nc2cc1Br. The molecule has 3 heterocycles. The average molecular weight is 400 g/mol. The van der Waals surface area contributed by atoms with Crippen LogP contribution in [-0.2, 0) is 0 Å². The van der Waals surface area contributed by atoms with E-state index in [1.54, 1.807) is 23.1 Å². The summed E-state index contributed by atoms with van der Waals surface area (Å²) < 4.78 is 8.37. The number of oxazole rings is 1. The zero-order valence-electron chi connectivity index (χ0n) is 13.5. The van der Waals surface area contributed by atoms with Gasteiger partial charge >= 0.3 is 0 Å². The predicted octanol–water partition coefficient (Wildman–Crippen LogP) is 3.44. The Morgan fingerprint density at radius 2 is 2.00 bits per heavy atom. The quantitative estimate of drug-likeness (QED) is 0.561. The summed E-state index contributed by atoms with van der Waals surface area (Å²) in [5.74, 6) is 1.12. The molecule has 1 aromatic carbocycles. The van der Waals surface area contributed by atoms with E-state index in [4.69, 9.17) is 4.42 Å². The Labute approximate surface area is 151 Å². The number of aryl methyl sites for hydroxylation is 1. The largest absolute Gasteiger partial charge is 0.424 e. The number of nitrogens with one attached hydrogen (secondary N) is 1. The molecule has 0 fully saturated rings. The number of nitrogens with zero attached hydrogens (tertiary/aromatic N) is 6. The third-order valence-electron chi connectivity index (χ3n) is 3.71. The van der Waals surface area contributed by atoms with Crippen molar-refractivity contribution in [2.75, 3.05) is 5.32 Å². The van der Waals surface area contributed by atoms with E-state index in [1.807, 2.05) is 26.0 Å². The highest BCUT2D eigenvalue weighted by atomic mass is 79.9. The maximum absolute atomic E-state index is 5.79. The van der Waals surface area contributed by atoms with Crippen molar-refractivity contribution in [3.63, 3.8) is 0 Å². The third kappa shape index (κ3) is 2.98. The molecule has 4 aromatic rings. The molecule has 0 amide bonds. The Bertz CT molecular complexity index is 989. The summed E-state index contributed by atoms with van der Waals surface area (Å²) in [5, 5.41) is 7.41. The number of fused-ring (bicyclic) bond motifs is 1. The van der Waals surface area contributed by atoms with Gasteiger partial charge in [-0.25, -0.2) is 15.0 Å². The van der Waals surface area contributed by atoms with Crippen LogP contribution >= 0.6 is 15.9 Å². The molecular weight excluding hydrogens is 386 g/mol. The first-order valence-electron chi connectivity index (χ1n) is 7.62. The van der Waals surface area contributed by atoms with Crippen molar-refractivity contribution in [2.45, 2.75) is 19.9 Å². The van der Waals surface area contributed by atoms with E-state index in [0.717, 1.165) is 21.1 Å². The number of hydrogen-bond acceptors (Lipinski definition) is 7. The Hall–Kier alpha value is -2.81. The number of anilines is 1. The lowest BCUT2D eigenvalue weighted by atomic mass is 10.2. The molecule has 0 saturated heterocycles. The molecule has 0 radical (unpaired) electrons. The minimum Gasteiger partial charge on any atom is -0.424 e. The Morgan fingerprint density at radius 1 is 1.20 bits per heavy atom. The normalized spacial score (nSPS) is 12.4. The Balaban J connectivity index is 1.63. The number of benzene rings is 1. The van der Waals surface area contributed by atoms with Crippen LogP contribution in [0.2, 0.25) is 0 Å². The van der Waals surface area contributed by atoms with Crippen LogP contribution in [0.4, 0.5) is 6.01 Å². The van der Waals surface area contributed by atoms with Gasteiger partial charge < -0.3 is 9.73 Å². The molecule has 0 spiro atoms. The van der Waals surface area contributed by atoms with Gasteiger partial charge in [0, 0.05) is 16.9 Å². The maximum atomic E-state index is 5.79. The highest BCUT2D eigenvalue weighted by molar-refractivity contribution is 9.10. The molecule has 126 valence electrons. The number of halogens is 1. The van der Waals surface area contributed by atoms with Crippen molar-refractivity contribution < 1.29 is 4.42 Å². The molecule has 9 heteroatoms. The van der Waals surface area contributed by atoms with Gasteiger partial charge in [0.2, 0.25) is 0 Å². The van der Waals surface area contributed by atoms with Gasteiger partial charge in [-0.1, -0.05) is 15.9 Å². The standard InChI is InChI=1S/C16H14BrN7O/c1-9-6-13-12(7-11(9)17)23-16(25-13)22-10(2)14-20-8-21-24(14)15-18-4-3-5-19-15/h3-8,10H,1-2H3,(H,22,23)/t10-/m0/s1. The molecule has 1 N–H and O–H groups in total. The van der Waals surface area contributed by atoms with Gasteiger partial charge in [-0.15, -0.1) is 0 Å². The minimum atomic E-state index is -0.205. The van der Waals surface area contributed by atoms with Crippen molar-refractivity contribution in [1.82, 2.24) is 29.7 Å². The molecule has 1 atom stereocenters. The molecule has 0 aliphatic carbocycles. The minimum absolute atomic E-state index is 0.205. The van der Waals surface area contributed by atoms with Crippen LogP contribution in [0, 0.1) is 6.92 Å². The number of rotatable bonds is 4. The van der Waals surface area contributed by atoms with E-state index in [2.05, 4.69) is 46.3 Å². The van der Waals surface area contributed by atoms with E-state index < -0.39 is 0 Å². The zero-order valence-corrected chi connectivity index (χ0v) is 15.1. The van der Waals surface area contributed by atoms with Gasteiger partial charge in [-0.2, -0.15) is 14.8 Å². The van der Waals surface area contributed by atoms with E-state index in [1.165, 1.54) is 6.33 Å². The van der Waals surface area contributed by atoms with Crippen molar-refractivity contribution in [3.8, 4) is 5.95 Å². The summed E-state index contributed by atoms with van der Waals surface area (Å²) in [6.07, 6.45) is 4.79. The predicted molar refractivity (Wildman–Crippen MR) is 95.4 cm³/mol. The van der Waals surface area contributed by atoms with Crippen molar-refractivity contribution in [1.29, 1.82) is 0 Å². The van der Waals surface area contributed by atoms with Crippen LogP contribution in [0.3, 0.4) is 0 Å². The smallest absolute Gasteiger partial charge is 0.296 e. The summed E-state index contributed by atoms with van der Waals surface area (Å²) in [5.41, 5.74) is 2.59. The molecule has 0 unspecified atom stereocenters. The Kier molecular flexibility index (Phi) is 3.92. The van der Waals surface area contributed by atoms with Crippen molar-refractivity contribution >= 4 is 33.0 Å². The number of aromatic nitrogens is 6.